The Morgan fingerprint density at radius 3 is 2.61 bits per heavy atom. The van der Waals surface area contributed by atoms with Crippen LogP contribution < -0.4 is 5.32 Å². The first-order valence-electron chi connectivity index (χ1n) is 9.09. The average Bonchev–Trinajstić information content (AvgIpc) is 3.22. The summed E-state index contributed by atoms with van der Waals surface area (Å²) >= 11 is 0. The summed E-state index contributed by atoms with van der Waals surface area (Å²) < 4.78 is 2.07. The van der Waals surface area contributed by atoms with E-state index < -0.39 is 0 Å². The molecule has 6 heteroatoms. The van der Waals surface area contributed by atoms with E-state index in [0.29, 0.717) is 17.7 Å². The number of amides is 1. The fraction of sp³-hybridized carbons (Fsp3) is 0.824. The van der Waals surface area contributed by atoms with Crippen LogP contribution >= 0.6 is 0 Å². The Kier molecular flexibility index (Phi) is 3.87. The van der Waals surface area contributed by atoms with Gasteiger partial charge in [-0.15, -0.1) is 10.2 Å². The predicted molar refractivity (Wildman–Crippen MR) is 87.1 cm³/mol. The van der Waals surface area contributed by atoms with Crippen LogP contribution in [0, 0.1) is 11.8 Å². The van der Waals surface area contributed by atoms with E-state index >= 15 is 0 Å². The molecule has 3 heterocycles. The first-order chi connectivity index (χ1) is 11.1. The lowest BCUT2D eigenvalue weighted by molar-refractivity contribution is 0.0924. The maximum atomic E-state index is 12.3. The fourth-order valence-electron chi connectivity index (χ4n) is 4.62. The van der Waals surface area contributed by atoms with E-state index in [4.69, 9.17) is 0 Å². The molecule has 1 saturated carbocycles. The molecular weight excluding hydrogens is 290 g/mol. The van der Waals surface area contributed by atoms with Crippen molar-refractivity contribution in [3.8, 4) is 0 Å². The summed E-state index contributed by atoms with van der Waals surface area (Å²) in [5.74, 6) is 2.72. The summed E-state index contributed by atoms with van der Waals surface area (Å²) in [5.41, 5.74) is 0. The first-order valence-corrected chi connectivity index (χ1v) is 9.09. The summed E-state index contributed by atoms with van der Waals surface area (Å²) in [6.07, 6.45) is 6.49. The minimum atomic E-state index is -0.0946. The third-order valence-electron chi connectivity index (χ3n) is 5.76. The second kappa shape index (κ2) is 5.89. The van der Waals surface area contributed by atoms with Crippen LogP contribution in [-0.2, 0) is 13.0 Å². The van der Waals surface area contributed by atoms with Crippen molar-refractivity contribution < 1.29 is 4.79 Å². The number of carbonyl (C=O) groups excluding carboxylic acids is 1. The van der Waals surface area contributed by atoms with Crippen molar-refractivity contribution in [2.45, 2.75) is 64.6 Å². The monoisotopic (exact) mass is 317 g/mol. The highest BCUT2D eigenvalue weighted by atomic mass is 16.2. The molecule has 0 spiro atoms. The zero-order valence-electron chi connectivity index (χ0n) is 14.2. The molecule has 2 aliphatic heterocycles. The van der Waals surface area contributed by atoms with Crippen LogP contribution in [-0.4, -0.2) is 50.7 Å². The van der Waals surface area contributed by atoms with Crippen LogP contribution in [0.25, 0.3) is 0 Å². The minimum absolute atomic E-state index is 0.0946. The van der Waals surface area contributed by atoms with Gasteiger partial charge in [0.1, 0.15) is 5.82 Å². The topological polar surface area (TPSA) is 63.1 Å². The zero-order valence-corrected chi connectivity index (χ0v) is 14.2. The minimum Gasteiger partial charge on any atom is -0.347 e. The summed E-state index contributed by atoms with van der Waals surface area (Å²) in [4.78, 5) is 15.0. The van der Waals surface area contributed by atoms with Crippen LogP contribution in [0.2, 0.25) is 0 Å². The van der Waals surface area contributed by atoms with Crippen LogP contribution in [0.1, 0.15) is 56.0 Å². The molecule has 126 valence electrons. The molecule has 0 aromatic carbocycles. The highest BCUT2D eigenvalue weighted by molar-refractivity contribution is 5.90. The SMILES string of the molecule is CC(C)NC(=O)c1nnc2n1C[C@H]1CN(C3CCCC3)C[C@@H]1C2. The Hall–Kier alpha value is -1.43. The molecule has 0 bridgehead atoms. The van der Waals surface area contributed by atoms with Gasteiger partial charge in [-0.05, 0) is 38.5 Å². The third kappa shape index (κ3) is 2.77. The number of nitrogens with zero attached hydrogens (tertiary/aromatic N) is 4. The van der Waals surface area contributed by atoms with E-state index in [2.05, 4.69) is 25.0 Å². The molecule has 4 rings (SSSR count). The normalized spacial score (nSPS) is 28.1. The van der Waals surface area contributed by atoms with Crippen molar-refractivity contribution in [2.75, 3.05) is 13.1 Å². The smallest absolute Gasteiger partial charge is 0.289 e. The van der Waals surface area contributed by atoms with E-state index in [0.717, 1.165) is 24.8 Å². The van der Waals surface area contributed by atoms with Crippen LogP contribution in [0.5, 0.6) is 0 Å². The van der Waals surface area contributed by atoms with Gasteiger partial charge in [0.15, 0.2) is 0 Å². The van der Waals surface area contributed by atoms with Gasteiger partial charge in [0.05, 0.1) is 0 Å². The Labute approximate surface area is 137 Å². The molecule has 1 saturated heterocycles. The van der Waals surface area contributed by atoms with Crippen molar-refractivity contribution in [3.63, 3.8) is 0 Å². The lowest BCUT2D eigenvalue weighted by Gasteiger charge is -2.25. The lowest BCUT2D eigenvalue weighted by atomic mass is 9.89. The highest BCUT2D eigenvalue weighted by Crippen LogP contribution is 2.36. The second-order valence-electron chi connectivity index (χ2n) is 7.80. The highest BCUT2D eigenvalue weighted by Gasteiger charge is 2.41. The zero-order chi connectivity index (χ0) is 16.0. The number of carbonyl (C=O) groups is 1. The van der Waals surface area contributed by atoms with Gasteiger partial charge in [0.25, 0.3) is 5.91 Å². The second-order valence-corrected chi connectivity index (χ2v) is 7.80. The van der Waals surface area contributed by atoms with E-state index in [9.17, 15) is 4.79 Å². The molecule has 0 unspecified atom stereocenters. The summed E-state index contributed by atoms with van der Waals surface area (Å²) in [7, 11) is 0. The summed E-state index contributed by atoms with van der Waals surface area (Å²) in [6.45, 7) is 7.22. The van der Waals surface area contributed by atoms with Gasteiger partial charge in [-0.3, -0.25) is 9.69 Å². The van der Waals surface area contributed by atoms with Gasteiger partial charge in [-0.2, -0.15) is 0 Å². The van der Waals surface area contributed by atoms with Crippen molar-refractivity contribution >= 4 is 5.91 Å². The van der Waals surface area contributed by atoms with Gasteiger partial charge in [0, 0.05) is 38.1 Å². The van der Waals surface area contributed by atoms with Gasteiger partial charge in [0.2, 0.25) is 5.82 Å². The number of aromatic nitrogens is 3. The standard InChI is InChI=1S/C17H27N5O/c1-11(2)18-17(23)16-20-19-15-7-12-8-21(14-5-3-4-6-14)9-13(12)10-22(15)16/h11-14H,3-10H2,1-2H3,(H,18,23)/t12-,13+/m0/s1. The molecule has 0 radical (unpaired) electrons. The van der Waals surface area contributed by atoms with Crippen LogP contribution in [0.3, 0.4) is 0 Å². The lowest BCUT2D eigenvalue weighted by Crippen LogP contribution is -2.35. The molecule has 23 heavy (non-hydrogen) atoms. The van der Waals surface area contributed by atoms with Gasteiger partial charge >= 0.3 is 0 Å². The quantitative estimate of drug-likeness (QED) is 0.917. The van der Waals surface area contributed by atoms with E-state index in [1.165, 1.54) is 38.8 Å². The summed E-state index contributed by atoms with van der Waals surface area (Å²) in [5, 5.41) is 11.4. The number of likely N-dealkylation sites (tertiary alicyclic amines) is 1. The molecule has 3 aliphatic rings. The molecule has 1 N–H and O–H groups in total. The third-order valence-corrected chi connectivity index (χ3v) is 5.76. The van der Waals surface area contributed by atoms with E-state index in [1.54, 1.807) is 0 Å². The predicted octanol–water partition coefficient (Wildman–Crippen LogP) is 1.46. The van der Waals surface area contributed by atoms with Crippen LogP contribution in [0.15, 0.2) is 0 Å². The first kappa shape index (κ1) is 15.1. The number of nitrogens with one attached hydrogen (secondary N) is 1. The average molecular weight is 317 g/mol. The van der Waals surface area contributed by atoms with E-state index in [-0.39, 0.29) is 11.9 Å². The van der Waals surface area contributed by atoms with Crippen molar-refractivity contribution in [2.24, 2.45) is 11.8 Å². The molecule has 1 aromatic heterocycles. The largest absolute Gasteiger partial charge is 0.347 e. The summed E-state index contributed by atoms with van der Waals surface area (Å²) in [6, 6.07) is 0.922. The van der Waals surface area contributed by atoms with Crippen molar-refractivity contribution in [1.82, 2.24) is 25.0 Å². The van der Waals surface area contributed by atoms with Gasteiger partial charge < -0.3 is 9.88 Å². The molecule has 6 nitrogen and oxygen atoms in total. The molecule has 2 fully saturated rings. The Bertz CT molecular complexity index is 590. The van der Waals surface area contributed by atoms with Gasteiger partial charge in [-0.25, -0.2) is 0 Å². The van der Waals surface area contributed by atoms with Crippen molar-refractivity contribution in [3.05, 3.63) is 11.6 Å². The molecular formula is C17H27N5O. The maximum Gasteiger partial charge on any atom is 0.289 e. The maximum absolute atomic E-state index is 12.3. The fourth-order valence-corrected chi connectivity index (χ4v) is 4.62. The molecule has 2 atom stereocenters. The molecule has 1 aliphatic carbocycles. The molecule has 1 amide bonds. The molecule has 1 aromatic rings. The van der Waals surface area contributed by atoms with Crippen LogP contribution in [0.4, 0.5) is 0 Å². The number of rotatable bonds is 3. The van der Waals surface area contributed by atoms with Crippen molar-refractivity contribution in [1.29, 1.82) is 0 Å². The van der Waals surface area contributed by atoms with Gasteiger partial charge in [-0.1, -0.05) is 12.8 Å². The number of hydrogen-bond acceptors (Lipinski definition) is 4. The Morgan fingerprint density at radius 2 is 1.87 bits per heavy atom. The Balaban J connectivity index is 1.49. The Morgan fingerprint density at radius 1 is 1.13 bits per heavy atom. The number of fused-ring (bicyclic) bond motifs is 2. The van der Waals surface area contributed by atoms with E-state index in [1.807, 2.05) is 13.8 Å². The number of hydrogen-bond donors (Lipinski definition) is 1.